The predicted molar refractivity (Wildman–Crippen MR) is 127 cm³/mol. The van der Waals surface area contributed by atoms with E-state index in [1.807, 2.05) is 34.1 Å². The summed E-state index contributed by atoms with van der Waals surface area (Å²) in [5, 5.41) is 27.7. The molecule has 1 aliphatic heterocycles. The van der Waals surface area contributed by atoms with Gasteiger partial charge < -0.3 is 20.8 Å². The van der Waals surface area contributed by atoms with Gasteiger partial charge in [0.1, 0.15) is 0 Å². The Hall–Kier alpha value is -2.20. The van der Waals surface area contributed by atoms with Crippen molar-refractivity contribution in [3.05, 3.63) is 29.8 Å². The summed E-state index contributed by atoms with van der Waals surface area (Å²) in [6.45, 7) is 5.55. The first kappa shape index (κ1) is 26.1. The average molecular weight is 464 g/mol. The van der Waals surface area contributed by atoms with Gasteiger partial charge in [-0.3, -0.25) is 19.4 Å². The summed E-state index contributed by atoms with van der Waals surface area (Å²) >= 11 is 4.65. The molecule has 32 heavy (non-hydrogen) atoms. The monoisotopic (exact) mass is 463 g/mol. The second-order valence-electron chi connectivity index (χ2n) is 8.05. The minimum Gasteiger partial charge on any atom is -0.480 e. The van der Waals surface area contributed by atoms with Crippen molar-refractivity contribution in [2.24, 2.45) is 10.9 Å². The van der Waals surface area contributed by atoms with Crippen molar-refractivity contribution in [1.82, 2.24) is 20.4 Å². The Morgan fingerprint density at radius 2 is 1.66 bits per heavy atom. The lowest BCUT2D eigenvalue weighted by Crippen LogP contribution is -2.44. The van der Waals surface area contributed by atoms with E-state index in [-0.39, 0.29) is 19.0 Å². The van der Waals surface area contributed by atoms with Crippen molar-refractivity contribution in [2.75, 3.05) is 65.4 Å². The molecule has 1 fully saturated rings. The summed E-state index contributed by atoms with van der Waals surface area (Å²) in [5.41, 5.74) is 1.90. The van der Waals surface area contributed by atoms with Crippen LogP contribution in [0.4, 0.5) is 5.69 Å². The van der Waals surface area contributed by atoms with Crippen LogP contribution in [-0.2, 0) is 16.0 Å². The lowest BCUT2D eigenvalue weighted by molar-refractivity contribution is -0.139. The van der Waals surface area contributed by atoms with Gasteiger partial charge in [0, 0.05) is 32.7 Å². The number of carboxylic acid groups (broad SMARTS) is 2. The molecule has 0 saturated carbocycles. The Morgan fingerprint density at radius 3 is 2.34 bits per heavy atom. The molecule has 1 heterocycles. The summed E-state index contributed by atoms with van der Waals surface area (Å²) in [6, 6.07) is 7.81. The molecule has 1 atom stereocenters. The highest BCUT2D eigenvalue weighted by molar-refractivity contribution is 7.78. The molecular weight excluding hydrogens is 430 g/mol. The summed E-state index contributed by atoms with van der Waals surface area (Å²) in [4.78, 5) is 30.4. The minimum absolute atomic E-state index is 0.00684. The summed E-state index contributed by atoms with van der Waals surface area (Å²) in [5.74, 6) is -1.45. The van der Waals surface area contributed by atoms with Crippen molar-refractivity contribution in [1.29, 1.82) is 0 Å². The van der Waals surface area contributed by atoms with E-state index in [2.05, 4.69) is 33.0 Å². The first-order valence-corrected chi connectivity index (χ1v) is 11.3. The van der Waals surface area contributed by atoms with Gasteiger partial charge in [0.25, 0.3) is 0 Å². The number of rotatable bonds is 7. The Labute approximate surface area is 194 Å². The number of isothiocyanates is 1. The van der Waals surface area contributed by atoms with E-state index >= 15 is 0 Å². The van der Waals surface area contributed by atoms with E-state index in [9.17, 15) is 14.7 Å². The van der Waals surface area contributed by atoms with E-state index in [4.69, 9.17) is 5.11 Å². The highest BCUT2D eigenvalue weighted by Crippen LogP contribution is 2.16. The maximum atomic E-state index is 11.4. The fourth-order valence-electron chi connectivity index (χ4n) is 3.88. The number of aliphatic imine (C=N–C) groups is 1. The lowest BCUT2D eigenvalue weighted by Gasteiger charge is -2.28. The summed E-state index contributed by atoms with van der Waals surface area (Å²) in [7, 11) is 0. The maximum Gasteiger partial charge on any atom is 0.317 e. The number of nitrogens with zero attached hydrogens (tertiary/aromatic N) is 3. The van der Waals surface area contributed by atoms with Crippen LogP contribution in [0.2, 0.25) is 0 Å². The number of carboxylic acids is 2. The molecule has 0 bridgehead atoms. The highest BCUT2D eigenvalue weighted by Gasteiger charge is 2.18. The van der Waals surface area contributed by atoms with Crippen LogP contribution in [0, 0.1) is 5.92 Å². The molecule has 10 heteroatoms. The van der Waals surface area contributed by atoms with Crippen LogP contribution >= 0.6 is 12.2 Å². The average Bonchev–Trinajstić information content (AvgIpc) is 2.73. The van der Waals surface area contributed by atoms with Gasteiger partial charge in [-0.05, 0) is 68.3 Å². The van der Waals surface area contributed by atoms with Crippen LogP contribution in [-0.4, -0.2) is 103 Å². The zero-order valence-electron chi connectivity index (χ0n) is 18.3. The topological polar surface area (TPSA) is 118 Å². The molecule has 4 N–H and O–H groups in total. The second kappa shape index (κ2) is 14.8. The zero-order valence-corrected chi connectivity index (χ0v) is 19.1. The quantitative estimate of drug-likeness (QED) is 0.346. The van der Waals surface area contributed by atoms with Crippen molar-refractivity contribution < 1.29 is 19.8 Å². The van der Waals surface area contributed by atoms with E-state index in [0.29, 0.717) is 45.8 Å². The van der Waals surface area contributed by atoms with E-state index in [0.717, 1.165) is 30.6 Å². The predicted octanol–water partition coefficient (Wildman–Crippen LogP) is 0.936. The Balaban J connectivity index is 2.06. The molecule has 1 saturated heterocycles. The number of hydrogen-bond donors (Lipinski definition) is 4. The number of carbonyl (C=O) groups is 2. The van der Waals surface area contributed by atoms with Gasteiger partial charge in [0.05, 0.1) is 23.9 Å². The van der Waals surface area contributed by atoms with Crippen molar-refractivity contribution in [3.8, 4) is 0 Å². The fourth-order valence-corrected chi connectivity index (χ4v) is 3.99. The summed E-state index contributed by atoms with van der Waals surface area (Å²) in [6.07, 6.45) is 1.63. The van der Waals surface area contributed by atoms with Crippen LogP contribution in [0.15, 0.2) is 29.3 Å². The molecule has 9 nitrogen and oxygen atoms in total. The van der Waals surface area contributed by atoms with E-state index in [1.54, 1.807) is 0 Å². The Bertz CT molecular complexity index is 770. The molecule has 0 radical (unpaired) electrons. The van der Waals surface area contributed by atoms with Crippen LogP contribution in [0.25, 0.3) is 0 Å². The standard InChI is InChI=1S/C22H33N5O4S/c28-21(29)15-26-9-1-6-23-7-11-27(16-22(30)31)14-19(13-24-8-10-26)12-18-2-4-20(5-3-18)25-17-32/h2-5,19,23-24H,1,6-16H2,(H,28,29)(H,30,31). The minimum atomic E-state index is -0.829. The molecule has 1 aromatic rings. The Morgan fingerprint density at radius 1 is 1.00 bits per heavy atom. The molecule has 2 rings (SSSR count). The first-order chi connectivity index (χ1) is 15.5. The third kappa shape index (κ3) is 10.9. The molecule has 1 aromatic carbocycles. The highest BCUT2D eigenvalue weighted by atomic mass is 32.1. The third-order valence-electron chi connectivity index (χ3n) is 5.34. The smallest absolute Gasteiger partial charge is 0.317 e. The van der Waals surface area contributed by atoms with E-state index < -0.39 is 11.9 Å². The molecule has 0 spiro atoms. The van der Waals surface area contributed by atoms with Gasteiger partial charge in [-0.2, -0.15) is 4.99 Å². The first-order valence-electron chi connectivity index (χ1n) is 10.9. The van der Waals surface area contributed by atoms with Crippen molar-refractivity contribution in [3.63, 3.8) is 0 Å². The summed E-state index contributed by atoms with van der Waals surface area (Å²) < 4.78 is 0. The van der Waals surface area contributed by atoms with Crippen LogP contribution in [0.5, 0.6) is 0 Å². The zero-order chi connectivity index (χ0) is 23.2. The molecule has 1 unspecified atom stereocenters. The van der Waals surface area contributed by atoms with Gasteiger partial charge in [-0.15, -0.1) is 0 Å². The Kier molecular flexibility index (Phi) is 12.0. The van der Waals surface area contributed by atoms with Gasteiger partial charge in [0.2, 0.25) is 0 Å². The molecule has 176 valence electrons. The molecule has 0 amide bonds. The largest absolute Gasteiger partial charge is 0.480 e. The molecular formula is C22H33N5O4S. The third-order valence-corrected chi connectivity index (χ3v) is 5.43. The number of hydrogen-bond acceptors (Lipinski definition) is 8. The van der Waals surface area contributed by atoms with Crippen LogP contribution in [0.3, 0.4) is 0 Å². The maximum absolute atomic E-state index is 11.4. The number of aliphatic carboxylic acids is 2. The van der Waals surface area contributed by atoms with Gasteiger partial charge in [-0.1, -0.05) is 12.1 Å². The van der Waals surface area contributed by atoms with Crippen molar-refractivity contribution in [2.45, 2.75) is 12.8 Å². The molecule has 0 aromatic heterocycles. The molecule has 0 aliphatic carbocycles. The number of thiocarbonyl (C=S) groups is 1. The van der Waals surface area contributed by atoms with Crippen molar-refractivity contribution >= 4 is 35.0 Å². The second-order valence-corrected chi connectivity index (χ2v) is 8.23. The normalized spacial score (nSPS) is 20.1. The van der Waals surface area contributed by atoms with Crippen LogP contribution < -0.4 is 10.6 Å². The number of nitrogens with one attached hydrogen (secondary N) is 2. The lowest BCUT2D eigenvalue weighted by atomic mass is 9.98. The van der Waals surface area contributed by atoms with E-state index in [1.165, 1.54) is 0 Å². The fraction of sp³-hybridized carbons (Fsp3) is 0.591. The van der Waals surface area contributed by atoms with Gasteiger partial charge in [0.15, 0.2) is 0 Å². The van der Waals surface area contributed by atoms with Gasteiger partial charge in [-0.25, -0.2) is 0 Å². The molecule has 1 aliphatic rings. The number of benzene rings is 1. The van der Waals surface area contributed by atoms with Gasteiger partial charge >= 0.3 is 11.9 Å². The SMILES string of the molecule is O=C(O)CN1CCCNCCN(CC(=O)O)CC(Cc2ccc(N=C=S)cc2)CNCC1. The van der Waals surface area contributed by atoms with Crippen LogP contribution in [0.1, 0.15) is 12.0 Å².